The van der Waals surface area contributed by atoms with Crippen LogP contribution in [0.5, 0.6) is 0 Å². The number of primary amides is 1. The van der Waals surface area contributed by atoms with E-state index in [0.717, 1.165) is 5.56 Å². The number of halogens is 3. The monoisotopic (exact) mass is 446 g/mol. The summed E-state index contributed by atoms with van der Waals surface area (Å²) in [6.45, 7) is 4.58. The van der Waals surface area contributed by atoms with Crippen LogP contribution < -0.4 is 5.73 Å². The molecule has 1 aromatic rings. The molecule has 2 amide bonds. The summed E-state index contributed by atoms with van der Waals surface area (Å²) < 4.78 is 33.9. The molecule has 27 heavy (non-hydrogen) atoms. The van der Waals surface area contributed by atoms with Crippen LogP contribution in [0.25, 0.3) is 0 Å². The lowest BCUT2D eigenvalue weighted by Crippen LogP contribution is -2.52. The maximum atomic E-state index is 14.0. The van der Waals surface area contributed by atoms with E-state index in [9.17, 15) is 18.4 Å². The first kappa shape index (κ1) is 21.6. The molecular formula is C19H25BrF2N2O3. The van der Waals surface area contributed by atoms with Crippen LogP contribution in [0, 0.1) is 6.92 Å². The predicted octanol–water partition coefficient (Wildman–Crippen LogP) is 4.65. The quantitative estimate of drug-likeness (QED) is 0.714. The number of nitrogens with two attached hydrogens (primary N) is 1. The van der Waals surface area contributed by atoms with E-state index in [1.54, 1.807) is 39.0 Å². The fraction of sp³-hybridized carbons (Fsp3) is 0.579. The van der Waals surface area contributed by atoms with Gasteiger partial charge in [0, 0.05) is 22.5 Å². The second-order valence-electron chi connectivity index (χ2n) is 7.66. The highest BCUT2D eigenvalue weighted by molar-refractivity contribution is 9.10. The van der Waals surface area contributed by atoms with Gasteiger partial charge in [0.15, 0.2) is 0 Å². The van der Waals surface area contributed by atoms with Gasteiger partial charge in [-0.25, -0.2) is 13.6 Å². The Kier molecular flexibility index (Phi) is 6.50. The van der Waals surface area contributed by atoms with Gasteiger partial charge in [-0.15, -0.1) is 0 Å². The number of carbonyl (C=O) groups excluding carboxylic acids is 2. The van der Waals surface area contributed by atoms with Crippen LogP contribution >= 0.6 is 15.9 Å². The van der Waals surface area contributed by atoms with Crippen molar-refractivity contribution in [1.29, 1.82) is 0 Å². The molecule has 8 heteroatoms. The predicted molar refractivity (Wildman–Crippen MR) is 102 cm³/mol. The zero-order chi connectivity index (χ0) is 20.4. The Balaban J connectivity index is 2.21. The number of likely N-dealkylation sites (tertiary alicyclic amines) is 1. The van der Waals surface area contributed by atoms with Crippen LogP contribution in [-0.2, 0) is 4.74 Å². The molecule has 1 saturated heterocycles. The van der Waals surface area contributed by atoms with Gasteiger partial charge in [-0.1, -0.05) is 22.0 Å². The second-order valence-corrected chi connectivity index (χ2v) is 8.58. The largest absolute Gasteiger partial charge is 0.444 e. The first-order valence-electron chi connectivity index (χ1n) is 8.84. The van der Waals surface area contributed by atoms with Crippen LogP contribution in [0.15, 0.2) is 22.7 Å². The van der Waals surface area contributed by atoms with Crippen molar-refractivity contribution in [1.82, 2.24) is 4.90 Å². The van der Waals surface area contributed by atoms with Crippen LogP contribution in [0.3, 0.4) is 0 Å². The van der Waals surface area contributed by atoms with E-state index >= 15 is 0 Å². The number of alkyl halides is 2. The van der Waals surface area contributed by atoms with E-state index in [0.29, 0.717) is 22.9 Å². The van der Waals surface area contributed by atoms with E-state index in [2.05, 4.69) is 15.9 Å². The molecule has 1 heterocycles. The number of nitrogens with zero attached hydrogens (tertiary/aromatic N) is 1. The molecule has 5 nitrogen and oxygen atoms in total. The summed E-state index contributed by atoms with van der Waals surface area (Å²) in [5.41, 5.74) is 5.38. The van der Waals surface area contributed by atoms with Crippen molar-refractivity contribution in [3.63, 3.8) is 0 Å². The average molecular weight is 447 g/mol. The molecule has 1 aromatic carbocycles. The molecular weight excluding hydrogens is 422 g/mol. The minimum atomic E-state index is -2.91. The zero-order valence-corrected chi connectivity index (χ0v) is 17.3. The molecule has 1 aliphatic rings. The lowest BCUT2D eigenvalue weighted by Gasteiger charge is -2.41. The van der Waals surface area contributed by atoms with Gasteiger partial charge in [-0.2, -0.15) is 0 Å². The Morgan fingerprint density at radius 2 is 2.07 bits per heavy atom. The zero-order valence-electron chi connectivity index (χ0n) is 15.7. The number of hydrogen-bond donors (Lipinski definition) is 1. The number of ether oxygens (including phenoxy) is 1. The number of piperidine rings is 1. The smallest absolute Gasteiger partial charge is 0.405 e. The van der Waals surface area contributed by atoms with Crippen molar-refractivity contribution in [3.8, 4) is 0 Å². The second kappa shape index (κ2) is 8.12. The van der Waals surface area contributed by atoms with Gasteiger partial charge in [0.05, 0.1) is 6.54 Å². The normalized spacial score (nSPS) is 19.6. The number of carbonyl (C=O) groups is 2. The maximum Gasteiger partial charge on any atom is 0.405 e. The number of rotatable bonds is 5. The molecule has 0 radical (unpaired) electrons. The van der Waals surface area contributed by atoms with E-state index in [1.807, 2.05) is 0 Å². The molecule has 2 N–H and O–H groups in total. The Labute approximate surface area is 166 Å². The van der Waals surface area contributed by atoms with Gasteiger partial charge in [0.1, 0.15) is 5.60 Å². The number of benzene rings is 1. The average Bonchev–Trinajstić information content (AvgIpc) is 2.53. The highest BCUT2D eigenvalue weighted by Crippen LogP contribution is 2.34. The Hall–Kier alpha value is -1.70. The Morgan fingerprint density at radius 1 is 1.41 bits per heavy atom. The number of hydrogen-bond acceptors (Lipinski definition) is 3. The van der Waals surface area contributed by atoms with E-state index in [4.69, 9.17) is 10.5 Å². The molecule has 0 saturated carbocycles. The first-order valence-corrected chi connectivity index (χ1v) is 9.63. The topological polar surface area (TPSA) is 72.6 Å². The van der Waals surface area contributed by atoms with Crippen molar-refractivity contribution < 1.29 is 23.1 Å². The van der Waals surface area contributed by atoms with Gasteiger partial charge in [-0.05, 0) is 57.7 Å². The van der Waals surface area contributed by atoms with Gasteiger partial charge in [0.25, 0.3) is 11.8 Å². The fourth-order valence-corrected chi connectivity index (χ4v) is 3.71. The highest BCUT2D eigenvalue weighted by Gasteiger charge is 2.43. The summed E-state index contributed by atoms with van der Waals surface area (Å²) in [7, 11) is 0. The molecule has 1 aliphatic heterocycles. The summed E-state index contributed by atoms with van der Waals surface area (Å²) in [6.07, 6.45) is -0.107. The molecule has 2 rings (SSSR count). The molecule has 0 unspecified atom stereocenters. The Morgan fingerprint density at radius 3 is 2.70 bits per heavy atom. The fourth-order valence-electron chi connectivity index (χ4n) is 3.35. The molecule has 0 aromatic heterocycles. The summed E-state index contributed by atoms with van der Waals surface area (Å²) >= 11 is 3.33. The lowest BCUT2D eigenvalue weighted by atomic mass is 9.90. The minimum absolute atomic E-state index is 0.193. The van der Waals surface area contributed by atoms with Gasteiger partial charge < -0.3 is 15.4 Å². The summed E-state index contributed by atoms with van der Waals surface area (Å²) in [6, 6.07) is 4.88. The van der Waals surface area contributed by atoms with Crippen molar-refractivity contribution in [2.45, 2.75) is 64.0 Å². The van der Waals surface area contributed by atoms with Gasteiger partial charge in [0.2, 0.25) is 0 Å². The summed E-state index contributed by atoms with van der Waals surface area (Å²) in [5.74, 6) is -3.32. The van der Waals surface area contributed by atoms with Gasteiger partial charge in [-0.3, -0.25) is 4.79 Å². The van der Waals surface area contributed by atoms with Gasteiger partial charge >= 0.3 is 6.09 Å². The third-order valence-corrected chi connectivity index (χ3v) is 5.33. The van der Waals surface area contributed by atoms with E-state index in [1.165, 1.54) is 4.90 Å². The van der Waals surface area contributed by atoms with Crippen molar-refractivity contribution in [2.24, 2.45) is 5.73 Å². The third kappa shape index (κ3) is 5.89. The molecule has 1 fully saturated rings. The standard InChI is InChI=1S/C19H25BrF2N2O3/c1-12-4-5-13(20)10-15(12)16(25)24-11-19(21,22)9-7-14(24)6-8-18(2,3)27-17(23)26/h4-5,10,14H,6-9,11H2,1-3H3,(H2,23,26)/t14-/m1/s1. The van der Waals surface area contributed by atoms with Crippen LogP contribution in [-0.4, -0.2) is 41.0 Å². The van der Waals surface area contributed by atoms with Crippen molar-refractivity contribution >= 4 is 27.9 Å². The number of amides is 2. The van der Waals surface area contributed by atoms with Crippen molar-refractivity contribution in [2.75, 3.05) is 6.54 Å². The third-order valence-electron chi connectivity index (χ3n) is 4.83. The molecule has 0 bridgehead atoms. The lowest BCUT2D eigenvalue weighted by molar-refractivity contribution is -0.0756. The number of aryl methyl sites for hydroxylation is 1. The molecule has 0 spiro atoms. The maximum absolute atomic E-state index is 14.0. The molecule has 150 valence electrons. The summed E-state index contributed by atoms with van der Waals surface area (Å²) in [5, 5.41) is 0. The summed E-state index contributed by atoms with van der Waals surface area (Å²) in [4.78, 5) is 25.3. The minimum Gasteiger partial charge on any atom is -0.444 e. The highest BCUT2D eigenvalue weighted by atomic mass is 79.9. The SMILES string of the molecule is Cc1ccc(Br)cc1C(=O)N1CC(F)(F)CC[C@H]1CCC(C)(C)OC(N)=O. The first-order chi connectivity index (χ1) is 12.4. The van der Waals surface area contributed by atoms with Crippen LogP contribution in [0.2, 0.25) is 0 Å². The van der Waals surface area contributed by atoms with Crippen LogP contribution in [0.1, 0.15) is 55.5 Å². The van der Waals surface area contributed by atoms with Crippen molar-refractivity contribution in [3.05, 3.63) is 33.8 Å². The van der Waals surface area contributed by atoms with E-state index < -0.39 is 30.1 Å². The van der Waals surface area contributed by atoms with E-state index in [-0.39, 0.29) is 18.9 Å². The van der Waals surface area contributed by atoms with Crippen LogP contribution in [0.4, 0.5) is 13.6 Å². The Bertz CT molecular complexity index is 725. The molecule has 0 aliphatic carbocycles. The molecule has 1 atom stereocenters.